The quantitative estimate of drug-likeness (QED) is 0.676. The van der Waals surface area contributed by atoms with Gasteiger partial charge in [-0.1, -0.05) is 0 Å². The highest BCUT2D eigenvalue weighted by Crippen LogP contribution is 2.42. The van der Waals surface area contributed by atoms with Crippen LogP contribution in [0.25, 0.3) is 0 Å². The van der Waals surface area contributed by atoms with Gasteiger partial charge in [-0.25, -0.2) is 0 Å². The van der Waals surface area contributed by atoms with Crippen molar-refractivity contribution in [2.75, 3.05) is 39.3 Å². The summed E-state index contributed by atoms with van der Waals surface area (Å²) < 4.78 is 5.98. The van der Waals surface area contributed by atoms with Crippen molar-refractivity contribution >= 4 is 30.7 Å². The molecule has 0 spiro atoms. The van der Waals surface area contributed by atoms with Crippen molar-refractivity contribution in [2.45, 2.75) is 44.1 Å². The summed E-state index contributed by atoms with van der Waals surface area (Å²) in [4.78, 5) is 14.7. The van der Waals surface area contributed by atoms with Gasteiger partial charge in [0.15, 0.2) is 0 Å². The van der Waals surface area contributed by atoms with Crippen LogP contribution in [0.15, 0.2) is 18.2 Å². The average Bonchev–Trinajstić information content (AvgIpc) is 3.15. The number of hydrogen-bond donors (Lipinski definition) is 2. The molecule has 1 saturated carbocycles. The summed E-state index contributed by atoms with van der Waals surface area (Å²) >= 11 is 0. The van der Waals surface area contributed by atoms with Crippen LogP contribution in [-0.2, 0) is 4.79 Å². The van der Waals surface area contributed by atoms with E-state index in [4.69, 9.17) is 4.74 Å². The molecule has 8 heteroatoms. The van der Waals surface area contributed by atoms with Gasteiger partial charge in [0, 0.05) is 49.6 Å². The number of amides is 1. The molecular weight excluding hydrogens is 447 g/mol. The van der Waals surface area contributed by atoms with E-state index in [-0.39, 0.29) is 36.6 Å². The standard InChI is InChI=1S/C24H32N4O2.2ClH/c25-10-17-3-6-23-21(9-17)22-14-28(13-19(22)15-30-23)8-7-16-1-4-20(5-2-16)27-24(29)18-11-26-12-18;;/h3,6,9,16,18-20,22,26H,1-2,4-5,7-8,11-15H2,(H,27,29);2*1H/t16?,19-,20?,22+;;/m0../s1. The van der Waals surface area contributed by atoms with Crippen molar-refractivity contribution in [3.05, 3.63) is 29.3 Å². The normalized spacial score (nSPS) is 29.1. The number of nitriles is 1. The van der Waals surface area contributed by atoms with E-state index >= 15 is 0 Å². The van der Waals surface area contributed by atoms with E-state index in [1.807, 2.05) is 18.2 Å². The second-order valence-corrected chi connectivity index (χ2v) is 9.67. The molecule has 4 aliphatic rings. The van der Waals surface area contributed by atoms with Gasteiger partial charge in [0.2, 0.25) is 5.91 Å². The Labute approximate surface area is 203 Å². The third-order valence-corrected chi connectivity index (χ3v) is 7.71. The monoisotopic (exact) mass is 480 g/mol. The van der Waals surface area contributed by atoms with Crippen LogP contribution in [0, 0.1) is 29.1 Å². The maximum atomic E-state index is 12.1. The fourth-order valence-corrected chi connectivity index (χ4v) is 5.65. The maximum Gasteiger partial charge on any atom is 0.225 e. The van der Waals surface area contributed by atoms with Crippen molar-refractivity contribution in [3.63, 3.8) is 0 Å². The number of hydrogen-bond acceptors (Lipinski definition) is 5. The maximum absolute atomic E-state index is 12.1. The minimum atomic E-state index is 0. The number of ether oxygens (including phenoxy) is 1. The summed E-state index contributed by atoms with van der Waals surface area (Å²) in [6, 6.07) is 8.50. The number of rotatable bonds is 5. The van der Waals surface area contributed by atoms with Gasteiger partial charge in [0.05, 0.1) is 24.2 Å². The highest BCUT2D eigenvalue weighted by atomic mass is 35.5. The van der Waals surface area contributed by atoms with Crippen molar-refractivity contribution in [1.29, 1.82) is 5.26 Å². The Balaban J connectivity index is 0.00000144. The van der Waals surface area contributed by atoms with E-state index in [0.29, 0.717) is 17.9 Å². The fraction of sp³-hybridized carbons (Fsp3) is 0.667. The lowest BCUT2D eigenvalue weighted by Crippen LogP contribution is -2.53. The molecule has 3 fully saturated rings. The SMILES string of the molecule is Cl.Cl.N#Cc1ccc2c(c1)[C@@H]1CN(CCC3CCC(NC(=O)C4CNC4)CC3)C[C@H]1CO2. The Morgan fingerprint density at radius 2 is 1.97 bits per heavy atom. The molecule has 0 radical (unpaired) electrons. The van der Waals surface area contributed by atoms with Crippen molar-refractivity contribution < 1.29 is 9.53 Å². The molecule has 2 atom stereocenters. The molecule has 3 heterocycles. The van der Waals surface area contributed by atoms with Crippen LogP contribution in [0.4, 0.5) is 0 Å². The van der Waals surface area contributed by atoms with Crippen LogP contribution in [0.3, 0.4) is 0 Å². The van der Waals surface area contributed by atoms with Crippen LogP contribution in [0.5, 0.6) is 5.75 Å². The molecule has 176 valence electrons. The molecule has 5 rings (SSSR count). The Bertz CT molecular complexity index is 834. The van der Waals surface area contributed by atoms with Gasteiger partial charge < -0.3 is 20.3 Å². The molecule has 0 unspecified atom stereocenters. The number of carbonyl (C=O) groups is 1. The molecule has 32 heavy (non-hydrogen) atoms. The second-order valence-electron chi connectivity index (χ2n) is 9.67. The highest BCUT2D eigenvalue weighted by Gasteiger charge is 2.39. The Hall–Kier alpha value is -1.52. The van der Waals surface area contributed by atoms with E-state index in [9.17, 15) is 10.1 Å². The first kappa shape index (κ1) is 25.1. The van der Waals surface area contributed by atoms with Crippen LogP contribution in [0.2, 0.25) is 0 Å². The predicted molar refractivity (Wildman–Crippen MR) is 129 cm³/mol. The lowest BCUT2D eigenvalue weighted by Gasteiger charge is -2.33. The largest absolute Gasteiger partial charge is 0.493 e. The average molecular weight is 481 g/mol. The zero-order valence-electron chi connectivity index (χ0n) is 18.4. The van der Waals surface area contributed by atoms with Crippen LogP contribution >= 0.6 is 24.8 Å². The summed E-state index contributed by atoms with van der Waals surface area (Å²) in [5.41, 5.74) is 1.96. The molecule has 1 aromatic rings. The van der Waals surface area contributed by atoms with Crippen molar-refractivity contribution in [3.8, 4) is 11.8 Å². The summed E-state index contributed by atoms with van der Waals surface area (Å²) in [7, 11) is 0. The number of likely N-dealkylation sites (tertiary alicyclic amines) is 1. The molecule has 1 aliphatic carbocycles. The fourth-order valence-electron chi connectivity index (χ4n) is 5.65. The zero-order valence-corrected chi connectivity index (χ0v) is 20.1. The van der Waals surface area contributed by atoms with Gasteiger partial charge in [-0.05, 0) is 62.8 Å². The third-order valence-electron chi connectivity index (χ3n) is 7.71. The minimum Gasteiger partial charge on any atom is -0.493 e. The van der Waals surface area contributed by atoms with Gasteiger partial charge in [-0.2, -0.15) is 5.26 Å². The first-order valence-electron chi connectivity index (χ1n) is 11.6. The van der Waals surface area contributed by atoms with Gasteiger partial charge in [-0.3, -0.25) is 4.79 Å². The summed E-state index contributed by atoms with van der Waals surface area (Å²) in [5.74, 6) is 3.22. The number of nitrogens with one attached hydrogen (secondary N) is 2. The van der Waals surface area contributed by atoms with Crippen molar-refractivity contribution in [1.82, 2.24) is 15.5 Å². The predicted octanol–water partition coefficient (Wildman–Crippen LogP) is 3.09. The zero-order chi connectivity index (χ0) is 20.5. The lowest BCUT2D eigenvalue weighted by molar-refractivity contribution is -0.127. The van der Waals surface area contributed by atoms with E-state index in [1.165, 1.54) is 24.8 Å². The van der Waals surface area contributed by atoms with Crippen molar-refractivity contribution in [2.24, 2.45) is 17.8 Å². The highest BCUT2D eigenvalue weighted by molar-refractivity contribution is 5.85. The minimum absolute atomic E-state index is 0. The lowest BCUT2D eigenvalue weighted by atomic mass is 9.83. The molecule has 1 amide bonds. The Morgan fingerprint density at radius 1 is 1.19 bits per heavy atom. The van der Waals surface area contributed by atoms with E-state index < -0.39 is 0 Å². The molecular formula is C24H34Cl2N4O2. The first-order chi connectivity index (χ1) is 14.7. The Kier molecular flexibility index (Phi) is 8.68. The third kappa shape index (κ3) is 5.34. The molecule has 2 N–H and O–H groups in total. The van der Waals surface area contributed by atoms with Crippen LogP contribution in [-0.4, -0.2) is 56.2 Å². The summed E-state index contributed by atoms with van der Waals surface area (Å²) in [6.07, 6.45) is 5.95. The number of benzene rings is 1. The number of nitrogens with zero attached hydrogens (tertiary/aromatic N) is 2. The van der Waals surface area contributed by atoms with E-state index in [1.54, 1.807) is 0 Å². The molecule has 6 nitrogen and oxygen atoms in total. The summed E-state index contributed by atoms with van der Waals surface area (Å²) in [6.45, 7) is 5.80. The van der Waals surface area contributed by atoms with E-state index in [2.05, 4.69) is 21.6 Å². The van der Waals surface area contributed by atoms with Gasteiger partial charge in [0.25, 0.3) is 0 Å². The smallest absolute Gasteiger partial charge is 0.225 e. The molecule has 1 aromatic carbocycles. The van der Waals surface area contributed by atoms with Gasteiger partial charge >= 0.3 is 0 Å². The number of halogens is 2. The van der Waals surface area contributed by atoms with Gasteiger partial charge in [0.1, 0.15) is 5.75 Å². The van der Waals surface area contributed by atoms with Gasteiger partial charge in [-0.15, -0.1) is 24.8 Å². The first-order valence-corrected chi connectivity index (χ1v) is 11.6. The second kappa shape index (κ2) is 11.1. The Morgan fingerprint density at radius 3 is 2.66 bits per heavy atom. The topological polar surface area (TPSA) is 77.4 Å². The van der Waals surface area contributed by atoms with Crippen LogP contribution < -0.4 is 15.4 Å². The summed E-state index contributed by atoms with van der Waals surface area (Å²) in [5, 5.41) is 15.7. The number of carbonyl (C=O) groups excluding carboxylic acids is 1. The molecule has 0 aromatic heterocycles. The van der Waals surface area contributed by atoms with E-state index in [0.717, 1.165) is 69.4 Å². The van der Waals surface area contributed by atoms with Crippen LogP contribution in [0.1, 0.15) is 49.1 Å². The molecule has 2 saturated heterocycles. The molecule has 0 bridgehead atoms. The molecule has 3 aliphatic heterocycles. The number of fused-ring (bicyclic) bond motifs is 3.